The monoisotopic (exact) mass is 414 g/mol. The van der Waals surface area contributed by atoms with Gasteiger partial charge in [0.05, 0.1) is 32.0 Å². The molecule has 152 valence electrons. The summed E-state index contributed by atoms with van der Waals surface area (Å²) in [5.41, 5.74) is 1.57. The highest BCUT2D eigenvalue weighted by Crippen LogP contribution is 2.24. The number of rotatable bonds is 8. The normalized spacial score (nSPS) is 12.2. The second kappa shape index (κ2) is 9.67. The molecule has 0 aliphatic heterocycles. The molecule has 3 aromatic rings. The lowest BCUT2D eigenvalue weighted by Crippen LogP contribution is -3.07. The first-order chi connectivity index (χ1) is 14.0. The number of amides is 1. The van der Waals surface area contributed by atoms with E-state index < -0.39 is 0 Å². The highest BCUT2D eigenvalue weighted by atomic mass is 32.2. The molecule has 0 bridgehead atoms. The largest absolute Gasteiger partial charge is 0.349 e. The van der Waals surface area contributed by atoms with Crippen LogP contribution in [0.5, 0.6) is 0 Å². The molecule has 1 atom stereocenters. The zero-order valence-electron chi connectivity index (χ0n) is 16.7. The molecule has 1 heterocycles. The number of hydrogen-bond acceptors (Lipinski definition) is 4. The summed E-state index contributed by atoms with van der Waals surface area (Å²) in [6.45, 7) is 0.547. The van der Waals surface area contributed by atoms with Crippen LogP contribution in [0.1, 0.15) is 11.6 Å². The smallest absolute Gasteiger partial charge is 0.230 e. The number of quaternary nitrogens is 1. The number of nitrogens with zero attached hydrogens (tertiary/aromatic N) is 3. The highest BCUT2D eigenvalue weighted by Gasteiger charge is 2.19. The van der Waals surface area contributed by atoms with Crippen LogP contribution in [0, 0.1) is 5.82 Å². The fourth-order valence-corrected chi connectivity index (χ4v) is 3.80. The van der Waals surface area contributed by atoms with E-state index in [9.17, 15) is 9.18 Å². The first-order valence-corrected chi connectivity index (χ1v) is 10.3. The van der Waals surface area contributed by atoms with E-state index in [4.69, 9.17) is 0 Å². The Labute approximate surface area is 174 Å². The maximum absolute atomic E-state index is 14.0. The van der Waals surface area contributed by atoms with Crippen molar-refractivity contribution in [2.24, 2.45) is 7.05 Å². The molecule has 2 N–H and O–H groups in total. The van der Waals surface area contributed by atoms with Crippen molar-refractivity contribution in [2.45, 2.75) is 11.2 Å². The molecule has 0 radical (unpaired) electrons. The number of aromatic nitrogens is 3. The Morgan fingerprint density at radius 3 is 2.52 bits per heavy atom. The van der Waals surface area contributed by atoms with Crippen LogP contribution < -0.4 is 10.2 Å². The van der Waals surface area contributed by atoms with Gasteiger partial charge in [-0.2, -0.15) is 0 Å². The Kier molecular flexibility index (Phi) is 7.00. The van der Waals surface area contributed by atoms with Gasteiger partial charge in [-0.15, -0.1) is 10.2 Å². The lowest BCUT2D eigenvalue weighted by atomic mass is 10.1. The van der Waals surface area contributed by atoms with Gasteiger partial charge in [-0.1, -0.05) is 54.2 Å². The molecule has 3 rings (SSSR count). The maximum Gasteiger partial charge on any atom is 0.230 e. The molecular formula is C21H25FN5OS+. The van der Waals surface area contributed by atoms with Crippen molar-refractivity contribution < 1.29 is 14.1 Å². The molecule has 8 heteroatoms. The Balaban J connectivity index is 1.58. The van der Waals surface area contributed by atoms with Crippen molar-refractivity contribution in [1.82, 2.24) is 20.1 Å². The maximum atomic E-state index is 14.0. The molecule has 0 saturated heterocycles. The second-order valence-corrected chi connectivity index (χ2v) is 7.92. The van der Waals surface area contributed by atoms with Gasteiger partial charge in [-0.25, -0.2) is 4.39 Å². The van der Waals surface area contributed by atoms with Gasteiger partial charge < -0.3 is 14.8 Å². The molecule has 0 unspecified atom stereocenters. The van der Waals surface area contributed by atoms with Gasteiger partial charge in [-0.3, -0.25) is 4.79 Å². The van der Waals surface area contributed by atoms with E-state index in [0.29, 0.717) is 23.1 Å². The number of thioether (sulfide) groups is 1. The molecule has 0 aliphatic rings. The van der Waals surface area contributed by atoms with Crippen molar-refractivity contribution in [3.63, 3.8) is 0 Å². The number of hydrogen-bond donors (Lipinski definition) is 2. The van der Waals surface area contributed by atoms with E-state index in [0.717, 1.165) is 0 Å². The van der Waals surface area contributed by atoms with Crippen molar-refractivity contribution in [2.75, 3.05) is 26.4 Å². The van der Waals surface area contributed by atoms with Crippen LogP contribution in [-0.4, -0.2) is 47.1 Å². The zero-order chi connectivity index (χ0) is 20.8. The van der Waals surface area contributed by atoms with E-state index in [1.165, 1.54) is 28.3 Å². The number of likely N-dealkylation sites (N-methyl/N-ethyl adjacent to an activating group) is 1. The molecule has 6 nitrogen and oxygen atoms in total. The third kappa shape index (κ3) is 5.21. The van der Waals surface area contributed by atoms with E-state index in [2.05, 4.69) is 41.7 Å². The van der Waals surface area contributed by atoms with Gasteiger partial charge in [0.2, 0.25) is 5.91 Å². The van der Waals surface area contributed by atoms with Crippen LogP contribution in [0.3, 0.4) is 0 Å². The summed E-state index contributed by atoms with van der Waals surface area (Å²) in [5.74, 6) is 0.225. The van der Waals surface area contributed by atoms with Crippen molar-refractivity contribution in [1.29, 1.82) is 0 Å². The van der Waals surface area contributed by atoms with Crippen LogP contribution in [-0.2, 0) is 11.8 Å². The van der Waals surface area contributed by atoms with Crippen molar-refractivity contribution >= 4 is 17.7 Å². The lowest BCUT2D eigenvalue weighted by molar-refractivity contribution is -0.890. The number of carbonyl (C=O) groups excluding carboxylic acids is 1. The van der Waals surface area contributed by atoms with Crippen molar-refractivity contribution in [3.05, 3.63) is 66.0 Å². The average molecular weight is 415 g/mol. The zero-order valence-corrected chi connectivity index (χ0v) is 17.5. The molecule has 1 amide bonds. The van der Waals surface area contributed by atoms with Crippen LogP contribution in [0.4, 0.5) is 4.39 Å². The van der Waals surface area contributed by atoms with Crippen LogP contribution in [0.2, 0.25) is 0 Å². The minimum atomic E-state index is -0.351. The summed E-state index contributed by atoms with van der Waals surface area (Å²) in [7, 11) is 5.91. The Bertz CT molecular complexity index is 961. The number of carbonyl (C=O) groups is 1. The molecular weight excluding hydrogens is 389 g/mol. The fourth-order valence-electron chi connectivity index (χ4n) is 3.06. The SMILES string of the molecule is Cn1c(SCC(=O)NC[C@H](c2ccccc2)[NH+](C)C)nnc1-c1ccccc1F. The van der Waals surface area contributed by atoms with Crippen LogP contribution in [0.25, 0.3) is 11.4 Å². The summed E-state index contributed by atoms with van der Waals surface area (Å²) in [4.78, 5) is 13.6. The molecule has 0 fully saturated rings. The summed E-state index contributed by atoms with van der Waals surface area (Å²) >= 11 is 1.28. The summed E-state index contributed by atoms with van der Waals surface area (Å²) in [6.07, 6.45) is 0. The van der Waals surface area contributed by atoms with E-state index in [1.54, 1.807) is 29.8 Å². The van der Waals surface area contributed by atoms with Gasteiger partial charge >= 0.3 is 0 Å². The molecule has 29 heavy (non-hydrogen) atoms. The lowest BCUT2D eigenvalue weighted by Gasteiger charge is -2.22. The molecule has 1 aromatic heterocycles. The fraction of sp³-hybridized carbons (Fsp3) is 0.286. The topological polar surface area (TPSA) is 64.2 Å². The third-order valence-corrected chi connectivity index (χ3v) is 5.70. The highest BCUT2D eigenvalue weighted by molar-refractivity contribution is 7.99. The Hall–Kier alpha value is -2.71. The van der Waals surface area contributed by atoms with Crippen LogP contribution in [0.15, 0.2) is 59.8 Å². The van der Waals surface area contributed by atoms with E-state index in [1.807, 2.05) is 18.2 Å². The van der Waals surface area contributed by atoms with E-state index in [-0.39, 0.29) is 23.5 Å². The standard InChI is InChI=1S/C21H24FN5OS/c1-26(2)18(15-9-5-4-6-10-15)13-23-19(28)14-29-21-25-24-20(27(21)3)16-11-7-8-12-17(16)22/h4-12,18H,13-14H2,1-3H3,(H,23,28)/p+1/t18-/m1/s1. The van der Waals surface area contributed by atoms with E-state index >= 15 is 0 Å². The second-order valence-electron chi connectivity index (χ2n) is 6.98. The molecule has 0 spiro atoms. The summed E-state index contributed by atoms with van der Waals surface area (Å²) < 4.78 is 15.7. The van der Waals surface area contributed by atoms with Crippen molar-refractivity contribution in [3.8, 4) is 11.4 Å². The molecule has 2 aromatic carbocycles. The van der Waals surface area contributed by atoms with Gasteiger partial charge in [-0.05, 0) is 12.1 Å². The summed E-state index contributed by atoms with van der Waals surface area (Å²) in [5, 5.41) is 11.7. The quantitative estimate of drug-likeness (QED) is 0.551. The molecule has 0 aliphatic carbocycles. The van der Waals surface area contributed by atoms with Crippen LogP contribution >= 0.6 is 11.8 Å². The molecule has 0 saturated carbocycles. The number of benzene rings is 2. The summed E-state index contributed by atoms with van der Waals surface area (Å²) in [6, 6.07) is 16.7. The minimum Gasteiger partial charge on any atom is -0.349 e. The average Bonchev–Trinajstić information content (AvgIpc) is 3.08. The predicted molar refractivity (Wildman–Crippen MR) is 112 cm³/mol. The first-order valence-electron chi connectivity index (χ1n) is 9.36. The first kappa shape index (κ1) is 21.0. The Morgan fingerprint density at radius 1 is 1.14 bits per heavy atom. The minimum absolute atomic E-state index is 0.0763. The number of halogens is 1. The van der Waals surface area contributed by atoms with Gasteiger partial charge in [0.25, 0.3) is 0 Å². The Morgan fingerprint density at radius 2 is 1.83 bits per heavy atom. The predicted octanol–water partition coefficient (Wildman–Crippen LogP) is 1.72. The third-order valence-electron chi connectivity index (χ3n) is 4.68. The van der Waals surface area contributed by atoms with Gasteiger partial charge in [0, 0.05) is 12.6 Å². The van der Waals surface area contributed by atoms with Gasteiger partial charge in [0.15, 0.2) is 11.0 Å². The van der Waals surface area contributed by atoms with Gasteiger partial charge in [0.1, 0.15) is 11.9 Å². The number of nitrogens with one attached hydrogen (secondary N) is 2.